The van der Waals surface area contributed by atoms with Crippen molar-refractivity contribution in [1.29, 1.82) is 0 Å². The molecule has 2 rings (SSSR count). The van der Waals surface area contributed by atoms with Crippen molar-refractivity contribution >= 4 is 33.0 Å². The van der Waals surface area contributed by atoms with Gasteiger partial charge in [-0.05, 0) is 35.3 Å². The van der Waals surface area contributed by atoms with Crippen LogP contribution in [0.5, 0.6) is 0 Å². The van der Waals surface area contributed by atoms with Gasteiger partial charge in [0.05, 0.1) is 11.5 Å². The first kappa shape index (κ1) is 10.3. The first-order valence-electron chi connectivity index (χ1n) is 4.56. The Morgan fingerprint density at radius 2 is 2.50 bits per heavy atom. The highest BCUT2D eigenvalue weighted by atomic mass is 79.9. The number of carbonyl (C=O) groups excluding carboxylic acids is 1. The molecule has 0 saturated carbocycles. The number of hydrogen-bond acceptors (Lipinski definition) is 3. The molecule has 2 nitrogen and oxygen atoms in total. The number of ether oxygens (including phenoxy) is 1. The number of carbonyl (C=O) groups is 1. The summed E-state index contributed by atoms with van der Waals surface area (Å²) < 4.78 is 6.24. The number of rotatable bonds is 2. The minimum atomic E-state index is 0.0833. The minimum Gasteiger partial charge on any atom is -0.381 e. The van der Waals surface area contributed by atoms with Gasteiger partial charge in [-0.3, -0.25) is 4.79 Å². The molecule has 4 heteroatoms. The van der Waals surface area contributed by atoms with Crippen LogP contribution in [0, 0.1) is 12.8 Å². The predicted octanol–water partition coefficient (Wildman–Crippen LogP) is 3.04. The molecule has 1 aliphatic heterocycles. The van der Waals surface area contributed by atoms with Crippen molar-refractivity contribution in [2.75, 3.05) is 13.2 Å². The summed E-state index contributed by atoms with van der Waals surface area (Å²) in [5.41, 5.74) is 0. The second-order valence-electron chi connectivity index (χ2n) is 3.44. The molecule has 0 bridgehead atoms. The lowest BCUT2D eigenvalue weighted by Gasteiger charge is -2.02. The molecule has 0 aromatic carbocycles. The average molecular weight is 275 g/mol. The Morgan fingerprint density at radius 3 is 3.00 bits per heavy atom. The van der Waals surface area contributed by atoms with Crippen LogP contribution in [0.4, 0.5) is 0 Å². The molecule has 76 valence electrons. The Kier molecular flexibility index (Phi) is 3.04. The van der Waals surface area contributed by atoms with E-state index in [0.29, 0.717) is 6.61 Å². The van der Waals surface area contributed by atoms with E-state index in [9.17, 15) is 4.79 Å². The normalized spacial score (nSPS) is 21.4. The summed E-state index contributed by atoms with van der Waals surface area (Å²) in [6, 6.07) is 1.92. The van der Waals surface area contributed by atoms with Crippen molar-refractivity contribution in [2.45, 2.75) is 13.3 Å². The topological polar surface area (TPSA) is 26.3 Å². The van der Waals surface area contributed by atoms with Crippen LogP contribution in [-0.2, 0) is 4.74 Å². The van der Waals surface area contributed by atoms with Crippen LogP contribution >= 0.6 is 27.3 Å². The monoisotopic (exact) mass is 274 g/mol. The lowest BCUT2D eigenvalue weighted by molar-refractivity contribution is 0.0904. The number of thiophene rings is 1. The van der Waals surface area contributed by atoms with Crippen LogP contribution < -0.4 is 0 Å². The minimum absolute atomic E-state index is 0.0833. The fraction of sp³-hybridized carbons (Fsp3) is 0.500. The smallest absolute Gasteiger partial charge is 0.178 e. The molecule has 1 aliphatic rings. The molecule has 1 unspecified atom stereocenters. The van der Waals surface area contributed by atoms with E-state index in [1.165, 1.54) is 0 Å². The molecule has 1 fully saturated rings. The third-order valence-electron chi connectivity index (χ3n) is 2.40. The lowest BCUT2D eigenvalue weighted by atomic mass is 10.0. The van der Waals surface area contributed by atoms with Crippen LogP contribution in [-0.4, -0.2) is 19.0 Å². The Balaban J connectivity index is 2.18. The molecular weight excluding hydrogens is 264 g/mol. The van der Waals surface area contributed by atoms with E-state index in [1.54, 1.807) is 11.3 Å². The van der Waals surface area contributed by atoms with Crippen molar-refractivity contribution in [3.63, 3.8) is 0 Å². The zero-order chi connectivity index (χ0) is 10.1. The Bertz CT molecular complexity index is 334. The van der Waals surface area contributed by atoms with Gasteiger partial charge in [-0.2, -0.15) is 0 Å². The average Bonchev–Trinajstić information content (AvgIpc) is 2.76. The van der Waals surface area contributed by atoms with E-state index in [1.807, 2.05) is 13.0 Å². The first-order valence-corrected chi connectivity index (χ1v) is 6.17. The van der Waals surface area contributed by atoms with Gasteiger partial charge in [0.2, 0.25) is 0 Å². The molecule has 0 radical (unpaired) electrons. The third-order valence-corrected chi connectivity index (χ3v) is 4.55. The van der Waals surface area contributed by atoms with Crippen LogP contribution in [0.25, 0.3) is 0 Å². The summed E-state index contributed by atoms with van der Waals surface area (Å²) in [5, 5.41) is 0. The lowest BCUT2D eigenvalue weighted by Crippen LogP contribution is -2.12. The zero-order valence-electron chi connectivity index (χ0n) is 7.88. The Morgan fingerprint density at radius 1 is 1.71 bits per heavy atom. The summed E-state index contributed by atoms with van der Waals surface area (Å²) in [6.45, 7) is 3.33. The number of aryl methyl sites for hydroxylation is 1. The maximum absolute atomic E-state index is 11.9. The molecule has 1 saturated heterocycles. The largest absolute Gasteiger partial charge is 0.381 e. The van der Waals surface area contributed by atoms with Crippen molar-refractivity contribution in [3.8, 4) is 0 Å². The van der Waals surface area contributed by atoms with Crippen molar-refractivity contribution < 1.29 is 9.53 Å². The third kappa shape index (κ3) is 1.92. The highest BCUT2D eigenvalue weighted by Gasteiger charge is 2.25. The fourth-order valence-corrected chi connectivity index (χ4v) is 3.08. The van der Waals surface area contributed by atoms with Crippen LogP contribution in [0.3, 0.4) is 0 Å². The van der Waals surface area contributed by atoms with Crippen LogP contribution in [0.2, 0.25) is 0 Å². The number of Topliss-reactive ketones (excluding diaryl/α,β-unsaturated/α-hetero) is 1. The van der Waals surface area contributed by atoms with E-state index >= 15 is 0 Å². The maximum atomic E-state index is 11.9. The highest BCUT2D eigenvalue weighted by molar-refractivity contribution is 9.10. The summed E-state index contributed by atoms with van der Waals surface area (Å²) >= 11 is 4.98. The molecular formula is C10H11BrO2S. The van der Waals surface area contributed by atoms with Gasteiger partial charge in [-0.1, -0.05) is 0 Å². The SMILES string of the molecule is Cc1sc(C(=O)C2CCOC2)cc1Br. The van der Waals surface area contributed by atoms with Gasteiger partial charge in [-0.15, -0.1) is 11.3 Å². The molecule has 0 amide bonds. The number of hydrogen-bond donors (Lipinski definition) is 0. The quantitative estimate of drug-likeness (QED) is 0.775. The number of ketones is 1. The zero-order valence-corrected chi connectivity index (χ0v) is 10.3. The van der Waals surface area contributed by atoms with Gasteiger partial charge in [0.1, 0.15) is 0 Å². The number of halogens is 1. The van der Waals surface area contributed by atoms with Crippen LogP contribution in [0.15, 0.2) is 10.5 Å². The van der Waals surface area contributed by atoms with E-state index < -0.39 is 0 Å². The second-order valence-corrected chi connectivity index (χ2v) is 5.55. The van der Waals surface area contributed by atoms with Crippen molar-refractivity contribution in [1.82, 2.24) is 0 Å². The Hall–Kier alpha value is -0.190. The van der Waals surface area contributed by atoms with Crippen molar-refractivity contribution in [3.05, 3.63) is 20.3 Å². The highest BCUT2D eigenvalue weighted by Crippen LogP contribution is 2.29. The predicted molar refractivity (Wildman–Crippen MR) is 60.0 cm³/mol. The molecule has 1 aromatic rings. The van der Waals surface area contributed by atoms with Gasteiger partial charge in [0.15, 0.2) is 5.78 Å². The molecule has 14 heavy (non-hydrogen) atoms. The van der Waals surface area contributed by atoms with Gasteiger partial charge in [0.25, 0.3) is 0 Å². The van der Waals surface area contributed by atoms with Gasteiger partial charge < -0.3 is 4.74 Å². The molecule has 0 N–H and O–H groups in total. The molecule has 0 aliphatic carbocycles. The molecule has 1 aromatic heterocycles. The maximum Gasteiger partial charge on any atom is 0.178 e. The Labute approximate surface area is 95.4 Å². The second kappa shape index (κ2) is 4.13. The van der Waals surface area contributed by atoms with E-state index in [4.69, 9.17) is 4.74 Å². The van der Waals surface area contributed by atoms with Gasteiger partial charge in [-0.25, -0.2) is 0 Å². The van der Waals surface area contributed by atoms with Gasteiger partial charge in [0, 0.05) is 21.9 Å². The van der Waals surface area contributed by atoms with E-state index in [0.717, 1.165) is 27.3 Å². The molecule has 2 heterocycles. The fourth-order valence-electron chi connectivity index (χ4n) is 1.52. The summed E-state index contributed by atoms with van der Waals surface area (Å²) in [6.07, 6.45) is 0.868. The standard InChI is InChI=1S/C10H11BrO2S/c1-6-8(11)4-9(14-6)10(12)7-2-3-13-5-7/h4,7H,2-3,5H2,1H3. The summed E-state index contributed by atoms with van der Waals surface area (Å²) in [7, 11) is 0. The molecule has 1 atom stereocenters. The summed E-state index contributed by atoms with van der Waals surface area (Å²) in [5.74, 6) is 0.321. The first-order chi connectivity index (χ1) is 6.68. The van der Waals surface area contributed by atoms with Crippen LogP contribution in [0.1, 0.15) is 21.0 Å². The van der Waals surface area contributed by atoms with E-state index in [-0.39, 0.29) is 11.7 Å². The summed E-state index contributed by atoms with van der Waals surface area (Å²) in [4.78, 5) is 13.9. The van der Waals surface area contributed by atoms with E-state index in [2.05, 4.69) is 15.9 Å². The van der Waals surface area contributed by atoms with Crippen molar-refractivity contribution in [2.24, 2.45) is 5.92 Å². The molecule has 0 spiro atoms. The van der Waals surface area contributed by atoms with Gasteiger partial charge >= 0.3 is 0 Å².